The molecule has 0 saturated heterocycles. The van der Waals surface area contributed by atoms with Crippen LogP contribution in [0.25, 0.3) is 0 Å². The molecule has 21 heavy (non-hydrogen) atoms. The summed E-state index contributed by atoms with van der Waals surface area (Å²) in [5, 5.41) is 7.19. The third-order valence-electron chi connectivity index (χ3n) is 3.65. The first-order valence-electron chi connectivity index (χ1n) is 6.81. The van der Waals surface area contributed by atoms with E-state index in [9.17, 15) is 0 Å². The summed E-state index contributed by atoms with van der Waals surface area (Å²) in [4.78, 5) is 13.0. The number of nitrogens with two attached hydrogens (primary N) is 1. The smallest absolute Gasteiger partial charge is 0.141 e. The highest BCUT2D eigenvalue weighted by Crippen LogP contribution is 2.34. The molecule has 6 nitrogen and oxygen atoms in total. The number of oxime groups is 1. The number of benzene rings is 1. The van der Waals surface area contributed by atoms with Crippen molar-refractivity contribution in [1.29, 1.82) is 0 Å². The molecule has 3 N–H and O–H groups in total. The quantitative estimate of drug-likeness (QED) is 0.663. The Kier molecular flexibility index (Phi) is 3.68. The van der Waals surface area contributed by atoms with Crippen molar-refractivity contribution in [2.24, 2.45) is 5.16 Å². The van der Waals surface area contributed by atoms with E-state index in [1.54, 1.807) is 0 Å². The van der Waals surface area contributed by atoms with Crippen LogP contribution < -0.4 is 11.1 Å². The lowest BCUT2D eigenvalue weighted by molar-refractivity contribution is 0.215. The zero-order valence-corrected chi connectivity index (χ0v) is 11.8. The lowest BCUT2D eigenvalue weighted by Crippen LogP contribution is -2.12. The fraction of sp³-hybridized carbons (Fsp3) is 0.267. The van der Waals surface area contributed by atoms with Crippen LogP contribution in [-0.2, 0) is 11.3 Å². The van der Waals surface area contributed by atoms with E-state index in [1.165, 1.54) is 30.8 Å². The van der Waals surface area contributed by atoms with Crippen molar-refractivity contribution >= 4 is 17.9 Å². The Hall–Kier alpha value is -2.63. The maximum Gasteiger partial charge on any atom is 0.141 e. The number of nitrogen functional groups attached to an aromatic ring is 1. The van der Waals surface area contributed by atoms with Crippen molar-refractivity contribution in [2.45, 2.75) is 18.9 Å². The molecule has 0 spiro atoms. The van der Waals surface area contributed by atoms with Crippen LogP contribution in [0.4, 0.5) is 11.6 Å². The fourth-order valence-electron chi connectivity index (χ4n) is 2.63. The Morgan fingerprint density at radius 1 is 1.38 bits per heavy atom. The van der Waals surface area contributed by atoms with Crippen molar-refractivity contribution in [1.82, 2.24) is 9.97 Å². The summed E-state index contributed by atoms with van der Waals surface area (Å²) in [5.41, 5.74) is 9.22. The van der Waals surface area contributed by atoms with Gasteiger partial charge in [0.2, 0.25) is 0 Å². The summed E-state index contributed by atoms with van der Waals surface area (Å²) < 4.78 is 0. The normalized spacial score (nSPS) is 16.9. The zero-order chi connectivity index (χ0) is 14.7. The third-order valence-corrected chi connectivity index (χ3v) is 3.65. The number of aryl methyl sites for hydroxylation is 1. The predicted octanol–water partition coefficient (Wildman–Crippen LogP) is 2.14. The minimum atomic E-state index is 0.227. The van der Waals surface area contributed by atoms with Gasteiger partial charge in [-0.3, -0.25) is 0 Å². The molecule has 1 aliphatic carbocycles. The topological polar surface area (TPSA) is 85.4 Å². The molecule has 1 unspecified atom stereocenters. The van der Waals surface area contributed by atoms with E-state index >= 15 is 0 Å². The van der Waals surface area contributed by atoms with Gasteiger partial charge in [0.05, 0.1) is 17.8 Å². The second-order valence-corrected chi connectivity index (χ2v) is 4.87. The summed E-state index contributed by atoms with van der Waals surface area (Å²) in [5.74, 6) is 1.05. The van der Waals surface area contributed by atoms with Gasteiger partial charge < -0.3 is 15.9 Å². The average Bonchev–Trinajstić information content (AvgIpc) is 2.90. The van der Waals surface area contributed by atoms with Crippen molar-refractivity contribution in [2.75, 3.05) is 18.2 Å². The Morgan fingerprint density at radius 2 is 2.24 bits per heavy atom. The van der Waals surface area contributed by atoms with E-state index in [1.807, 2.05) is 0 Å². The van der Waals surface area contributed by atoms with Gasteiger partial charge in [-0.25, -0.2) is 9.97 Å². The van der Waals surface area contributed by atoms with Gasteiger partial charge in [-0.05, 0) is 24.0 Å². The highest BCUT2D eigenvalue weighted by atomic mass is 16.6. The van der Waals surface area contributed by atoms with Crippen LogP contribution in [-0.4, -0.2) is 23.3 Å². The molecule has 2 aromatic rings. The van der Waals surface area contributed by atoms with Crippen LogP contribution in [0.1, 0.15) is 29.2 Å². The first-order valence-corrected chi connectivity index (χ1v) is 6.81. The van der Waals surface area contributed by atoms with Gasteiger partial charge in [0.15, 0.2) is 0 Å². The van der Waals surface area contributed by atoms with Gasteiger partial charge in [0.1, 0.15) is 25.1 Å². The number of nitrogens with one attached hydrogen (secondary N) is 1. The SMILES string of the molecule is CO/N=C/c1c(N)ncnc1NC1CCc2ccccc21. The Labute approximate surface area is 123 Å². The van der Waals surface area contributed by atoms with E-state index in [4.69, 9.17) is 10.6 Å². The number of hydrogen-bond acceptors (Lipinski definition) is 6. The molecule has 0 amide bonds. The van der Waals surface area contributed by atoms with Crippen molar-refractivity contribution in [3.63, 3.8) is 0 Å². The predicted molar refractivity (Wildman–Crippen MR) is 82.2 cm³/mol. The van der Waals surface area contributed by atoms with Gasteiger partial charge in [-0.1, -0.05) is 29.4 Å². The zero-order valence-electron chi connectivity index (χ0n) is 11.8. The van der Waals surface area contributed by atoms with Crippen LogP contribution in [0.2, 0.25) is 0 Å². The lowest BCUT2D eigenvalue weighted by Gasteiger charge is -2.16. The Balaban J connectivity index is 1.89. The largest absolute Gasteiger partial charge is 0.399 e. The van der Waals surface area contributed by atoms with E-state index in [-0.39, 0.29) is 6.04 Å². The van der Waals surface area contributed by atoms with Gasteiger partial charge in [0, 0.05) is 0 Å². The summed E-state index contributed by atoms with van der Waals surface area (Å²) in [7, 11) is 1.48. The summed E-state index contributed by atoms with van der Waals surface area (Å²) in [6.45, 7) is 0. The molecule has 0 bridgehead atoms. The maximum atomic E-state index is 5.89. The van der Waals surface area contributed by atoms with E-state index in [2.05, 4.69) is 44.7 Å². The van der Waals surface area contributed by atoms with Crippen LogP contribution in [0.5, 0.6) is 0 Å². The van der Waals surface area contributed by atoms with Gasteiger partial charge in [-0.2, -0.15) is 0 Å². The molecule has 6 heteroatoms. The van der Waals surface area contributed by atoms with Gasteiger partial charge in [-0.15, -0.1) is 0 Å². The van der Waals surface area contributed by atoms with Crippen molar-refractivity contribution < 1.29 is 4.84 Å². The van der Waals surface area contributed by atoms with E-state index in [0.29, 0.717) is 17.2 Å². The fourth-order valence-corrected chi connectivity index (χ4v) is 2.63. The van der Waals surface area contributed by atoms with Crippen molar-refractivity contribution in [3.05, 3.63) is 47.3 Å². The molecule has 0 saturated carbocycles. The first-order chi connectivity index (χ1) is 10.3. The standard InChI is InChI=1S/C15H17N5O/c1-21-19-8-12-14(16)17-9-18-15(12)20-13-7-6-10-4-2-3-5-11(10)13/h2-5,8-9,13H,6-7H2,1H3,(H3,16,17,18,20)/b19-8+. The molecule has 0 fully saturated rings. The second-order valence-electron chi connectivity index (χ2n) is 4.87. The van der Waals surface area contributed by atoms with E-state index < -0.39 is 0 Å². The molecule has 108 valence electrons. The highest BCUT2D eigenvalue weighted by Gasteiger charge is 2.23. The molecule has 0 aliphatic heterocycles. The van der Waals surface area contributed by atoms with E-state index in [0.717, 1.165) is 12.8 Å². The molecule has 1 aliphatic rings. The molecular formula is C15H17N5O. The number of rotatable bonds is 4. The van der Waals surface area contributed by atoms with Gasteiger partial charge in [0.25, 0.3) is 0 Å². The van der Waals surface area contributed by atoms with Crippen LogP contribution in [0.3, 0.4) is 0 Å². The molecule has 1 atom stereocenters. The molecule has 1 heterocycles. The van der Waals surface area contributed by atoms with Crippen LogP contribution in [0, 0.1) is 0 Å². The molecule has 3 rings (SSSR count). The monoisotopic (exact) mass is 283 g/mol. The summed E-state index contributed by atoms with van der Waals surface area (Å²) in [6, 6.07) is 8.66. The number of fused-ring (bicyclic) bond motifs is 1. The lowest BCUT2D eigenvalue weighted by atomic mass is 10.1. The third kappa shape index (κ3) is 2.65. The minimum absolute atomic E-state index is 0.227. The van der Waals surface area contributed by atoms with Crippen molar-refractivity contribution in [3.8, 4) is 0 Å². The molecule has 0 radical (unpaired) electrons. The Bertz CT molecular complexity index is 671. The van der Waals surface area contributed by atoms with Crippen LogP contribution in [0.15, 0.2) is 35.7 Å². The number of hydrogen-bond donors (Lipinski definition) is 2. The number of anilines is 2. The number of aromatic nitrogens is 2. The van der Waals surface area contributed by atoms with Gasteiger partial charge >= 0.3 is 0 Å². The first kappa shape index (κ1) is 13.4. The maximum absolute atomic E-state index is 5.89. The highest BCUT2D eigenvalue weighted by molar-refractivity contribution is 5.91. The number of nitrogens with zero attached hydrogens (tertiary/aromatic N) is 3. The summed E-state index contributed by atoms with van der Waals surface area (Å²) in [6.07, 6.45) is 5.07. The average molecular weight is 283 g/mol. The molecule has 1 aromatic carbocycles. The minimum Gasteiger partial charge on any atom is -0.399 e. The Morgan fingerprint density at radius 3 is 3.10 bits per heavy atom. The molecule has 1 aromatic heterocycles. The summed E-state index contributed by atoms with van der Waals surface area (Å²) >= 11 is 0. The van der Waals surface area contributed by atoms with Crippen LogP contribution >= 0.6 is 0 Å². The molecular weight excluding hydrogens is 266 g/mol. The second kappa shape index (κ2) is 5.78.